The normalized spacial score (nSPS) is 11.0. The number of carbonyl (C=O) groups is 1. The number of fused-ring (bicyclic) bond motifs is 1. The number of halogens is 2. The fraction of sp³-hybridized carbons (Fsp3) is 0. The molecular weight excluding hydrogens is 381 g/mol. The van der Waals surface area contributed by atoms with Crippen molar-refractivity contribution in [2.45, 2.75) is 0 Å². The van der Waals surface area contributed by atoms with Crippen molar-refractivity contribution in [2.24, 2.45) is 0 Å². The number of nitrogens with one attached hydrogen (secondary N) is 1. The molecule has 0 aliphatic rings. The van der Waals surface area contributed by atoms with E-state index in [0.717, 1.165) is 10.6 Å². The molecular formula is C16H9Cl2N5OS. The third-order valence-electron chi connectivity index (χ3n) is 3.44. The van der Waals surface area contributed by atoms with Gasteiger partial charge < -0.3 is 5.32 Å². The first kappa shape index (κ1) is 16.0. The van der Waals surface area contributed by atoms with Crippen molar-refractivity contribution in [3.05, 3.63) is 64.4 Å². The first-order valence-electron chi connectivity index (χ1n) is 7.14. The third kappa shape index (κ3) is 3.21. The van der Waals surface area contributed by atoms with Crippen LogP contribution in [0.15, 0.2) is 48.8 Å². The number of amides is 1. The Morgan fingerprint density at radius 1 is 1.12 bits per heavy atom. The molecule has 0 fully saturated rings. The van der Waals surface area contributed by atoms with Crippen LogP contribution >= 0.6 is 34.5 Å². The van der Waals surface area contributed by atoms with Gasteiger partial charge in [-0.05, 0) is 30.3 Å². The zero-order valence-corrected chi connectivity index (χ0v) is 14.8. The molecule has 0 saturated heterocycles. The number of hydrogen-bond acceptors (Lipinski definition) is 5. The van der Waals surface area contributed by atoms with Crippen molar-refractivity contribution >= 4 is 51.1 Å². The van der Waals surface area contributed by atoms with Crippen LogP contribution in [0.3, 0.4) is 0 Å². The highest BCUT2D eigenvalue weighted by molar-refractivity contribution is 7.19. The fourth-order valence-electron chi connectivity index (χ4n) is 2.25. The van der Waals surface area contributed by atoms with Gasteiger partial charge in [-0.3, -0.25) is 4.79 Å². The Kier molecular flexibility index (Phi) is 4.12. The number of benzene rings is 2. The Hall–Kier alpha value is -2.48. The van der Waals surface area contributed by atoms with E-state index in [1.165, 1.54) is 17.4 Å². The predicted molar refractivity (Wildman–Crippen MR) is 98.5 cm³/mol. The van der Waals surface area contributed by atoms with Crippen molar-refractivity contribution in [1.82, 2.24) is 19.8 Å². The van der Waals surface area contributed by atoms with Crippen LogP contribution < -0.4 is 5.32 Å². The molecule has 0 radical (unpaired) electrons. The van der Waals surface area contributed by atoms with Gasteiger partial charge in [0.1, 0.15) is 11.3 Å². The van der Waals surface area contributed by atoms with E-state index in [2.05, 4.69) is 20.6 Å². The molecule has 2 heterocycles. The van der Waals surface area contributed by atoms with Crippen molar-refractivity contribution < 1.29 is 4.79 Å². The molecule has 0 aliphatic heterocycles. The average Bonchev–Trinajstić information content (AvgIpc) is 3.19. The smallest absolute Gasteiger partial charge is 0.255 e. The first-order chi connectivity index (χ1) is 12.1. The van der Waals surface area contributed by atoms with Gasteiger partial charge in [0.15, 0.2) is 0 Å². The van der Waals surface area contributed by atoms with Gasteiger partial charge in [0, 0.05) is 16.8 Å². The zero-order valence-electron chi connectivity index (χ0n) is 12.5. The quantitative estimate of drug-likeness (QED) is 0.563. The summed E-state index contributed by atoms with van der Waals surface area (Å²) in [5, 5.41) is 16.5. The molecule has 1 N–H and O–H groups in total. The van der Waals surface area contributed by atoms with Gasteiger partial charge in [-0.25, -0.2) is 0 Å². The van der Waals surface area contributed by atoms with E-state index in [0.29, 0.717) is 26.3 Å². The second-order valence-corrected chi connectivity index (χ2v) is 6.90. The van der Waals surface area contributed by atoms with E-state index >= 15 is 0 Å². The van der Waals surface area contributed by atoms with Crippen LogP contribution in [0.1, 0.15) is 10.4 Å². The van der Waals surface area contributed by atoms with Crippen LogP contribution in [0.5, 0.6) is 0 Å². The maximum absolute atomic E-state index is 12.4. The minimum Gasteiger partial charge on any atom is -0.322 e. The van der Waals surface area contributed by atoms with Crippen LogP contribution in [-0.2, 0) is 0 Å². The lowest BCUT2D eigenvalue weighted by molar-refractivity contribution is 0.102. The maximum Gasteiger partial charge on any atom is 0.255 e. The van der Waals surface area contributed by atoms with E-state index in [1.54, 1.807) is 29.0 Å². The predicted octanol–water partition coefficient (Wildman–Crippen LogP) is 4.41. The average molecular weight is 390 g/mol. The summed E-state index contributed by atoms with van der Waals surface area (Å²) in [5.74, 6) is -0.270. The Morgan fingerprint density at radius 2 is 2.00 bits per heavy atom. The topological polar surface area (TPSA) is 72.2 Å². The van der Waals surface area contributed by atoms with Gasteiger partial charge in [-0.1, -0.05) is 46.7 Å². The monoisotopic (exact) mass is 389 g/mol. The second kappa shape index (κ2) is 6.44. The SMILES string of the molecule is O=C(Nc1cccc(-c2nn3cnnc3s2)c1)c1ccc(Cl)c(Cl)c1. The number of carbonyl (C=O) groups excluding carboxylic acids is 1. The molecule has 6 nitrogen and oxygen atoms in total. The number of hydrogen-bond donors (Lipinski definition) is 1. The number of aromatic nitrogens is 4. The molecule has 0 atom stereocenters. The van der Waals surface area contributed by atoms with Crippen LogP contribution in [0, 0.1) is 0 Å². The molecule has 9 heteroatoms. The Labute approximate surface area is 156 Å². The summed E-state index contributed by atoms with van der Waals surface area (Å²) < 4.78 is 1.61. The van der Waals surface area contributed by atoms with Gasteiger partial charge in [-0.2, -0.15) is 9.61 Å². The van der Waals surface area contributed by atoms with Crippen molar-refractivity contribution in [3.8, 4) is 10.6 Å². The highest BCUT2D eigenvalue weighted by Gasteiger charge is 2.11. The molecule has 1 amide bonds. The minimum absolute atomic E-state index is 0.270. The molecule has 124 valence electrons. The molecule has 0 spiro atoms. The van der Waals surface area contributed by atoms with Crippen LogP contribution in [0.25, 0.3) is 15.5 Å². The molecule has 4 rings (SSSR count). The lowest BCUT2D eigenvalue weighted by Gasteiger charge is -2.07. The van der Waals surface area contributed by atoms with Crippen LogP contribution in [0.4, 0.5) is 5.69 Å². The van der Waals surface area contributed by atoms with Gasteiger partial charge >= 0.3 is 0 Å². The molecule has 0 saturated carbocycles. The summed E-state index contributed by atoms with van der Waals surface area (Å²) >= 11 is 13.3. The summed E-state index contributed by atoms with van der Waals surface area (Å²) in [5.41, 5.74) is 1.96. The van der Waals surface area contributed by atoms with Gasteiger partial charge in [0.05, 0.1) is 10.0 Å². The summed E-state index contributed by atoms with van der Waals surface area (Å²) in [6, 6.07) is 12.2. The standard InChI is InChI=1S/C16H9Cl2N5OS/c17-12-5-4-9(7-13(12)18)14(24)20-11-3-1-2-10(6-11)15-22-23-8-19-21-16(23)25-15/h1-8H,(H,20,24). The van der Waals surface area contributed by atoms with Crippen molar-refractivity contribution in [1.29, 1.82) is 0 Å². The van der Waals surface area contributed by atoms with Crippen molar-refractivity contribution in [2.75, 3.05) is 5.32 Å². The lowest BCUT2D eigenvalue weighted by atomic mass is 10.2. The zero-order chi connectivity index (χ0) is 17.4. The summed E-state index contributed by atoms with van der Waals surface area (Å²) in [7, 11) is 0. The van der Waals surface area contributed by atoms with Crippen LogP contribution in [0.2, 0.25) is 10.0 Å². The summed E-state index contributed by atoms with van der Waals surface area (Å²) in [4.78, 5) is 13.1. The van der Waals surface area contributed by atoms with Crippen molar-refractivity contribution in [3.63, 3.8) is 0 Å². The number of anilines is 1. The summed E-state index contributed by atoms with van der Waals surface area (Å²) in [6.45, 7) is 0. The number of nitrogens with zero attached hydrogens (tertiary/aromatic N) is 4. The van der Waals surface area contributed by atoms with E-state index in [9.17, 15) is 4.79 Å². The Balaban J connectivity index is 1.59. The number of rotatable bonds is 3. The highest BCUT2D eigenvalue weighted by atomic mass is 35.5. The summed E-state index contributed by atoms with van der Waals surface area (Å²) in [6.07, 6.45) is 1.55. The molecule has 0 bridgehead atoms. The molecule has 4 aromatic rings. The lowest BCUT2D eigenvalue weighted by Crippen LogP contribution is -2.11. The molecule has 0 unspecified atom stereocenters. The molecule has 2 aromatic carbocycles. The molecule has 2 aromatic heterocycles. The molecule has 25 heavy (non-hydrogen) atoms. The highest BCUT2D eigenvalue weighted by Crippen LogP contribution is 2.27. The van der Waals surface area contributed by atoms with E-state index < -0.39 is 0 Å². The maximum atomic E-state index is 12.4. The first-order valence-corrected chi connectivity index (χ1v) is 8.71. The fourth-order valence-corrected chi connectivity index (χ4v) is 3.36. The Bertz CT molecular complexity index is 1060. The van der Waals surface area contributed by atoms with E-state index in [1.807, 2.05) is 18.2 Å². The third-order valence-corrected chi connectivity index (χ3v) is 5.14. The minimum atomic E-state index is -0.270. The van der Waals surface area contributed by atoms with E-state index in [4.69, 9.17) is 23.2 Å². The van der Waals surface area contributed by atoms with Gasteiger partial charge in [-0.15, -0.1) is 10.2 Å². The van der Waals surface area contributed by atoms with Crippen LogP contribution in [-0.4, -0.2) is 25.7 Å². The Morgan fingerprint density at radius 3 is 2.80 bits per heavy atom. The molecule has 0 aliphatic carbocycles. The second-order valence-electron chi connectivity index (χ2n) is 5.13. The van der Waals surface area contributed by atoms with Gasteiger partial charge in [0.2, 0.25) is 4.96 Å². The van der Waals surface area contributed by atoms with E-state index in [-0.39, 0.29) is 5.91 Å². The van der Waals surface area contributed by atoms with Gasteiger partial charge in [0.25, 0.3) is 5.91 Å². The largest absolute Gasteiger partial charge is 0.322 e.